The average molecular weight is 431 g/mol. The molecule has 0 aliphatic carbocycles. The van der Waals surface area contributed by atoms with E-state index in [9.17, 15) is 13.2 Å². The zero-order valence-electron chi connectivity index (χ0n) is 16.3. The van der Waals surface area contributed by atoms with Gasteiger partial charge < -0.3 is 14.2 Å². The second kappa shape index (κ2) is 8.42. The molecule has 0 bridgehead atoms. The fraction of sp³-hybridized carbons (Fsp3) is 0.300. The largest absolute Gasteiger partial charge is 0.454 e. The summed E-state index contributed by atoms with van der Waals surface area (Å²) in [5.41, 5.74) is 4.01. The normalized spacial score (nSPS) is 17.0. The molecule has 4 rings (SSSR count). The highest BCUT2D eigenvalue weighted by atomic mass is 32.2. The molecule has 158 valence electrons. The summed E-state index contributed by atoms with van der Waals surface area (Å²) >= 11 is 0. The van der Waals surface area contributed by atoms with Crippen molar-refractivity contribution in [1.29, 1.82) is 0 Å². The molecule has 0 aromatic heterocycles. The third-order valence-electron chi connectivity index (χ3n) is 4.82. The van der Waals surface area contributed by atoms with Crippen LogP contribution in [0.4, 0.5) is 0 Å². The minimum Gasteiger partial charge on any atom is -0.454 e. The Kier molecular flexibility index (Phi) is 5.71. The lowest BCUT2D eigenvalue weighted by molar-refractivity contribution is 0.0730. The molecule has 10 heteroatoms. The fourth-order valence-corrected chi connectivity index (χ4v) is 4.57. The van der Waals surface area contributed by atoms with E-state index in [0.29, 0.717) is 30.4 Å². The molecular formula is C20H21N3O6S. The number of nitrogens with zero attached hydrogens (tertiary/aromatic N) is 2. The highest BCUT2D eigenvalue weighted by Crippen LogP contribution is 2.32. The van der Waals surface area contributed by atoms with E-state index in [4.69, 9.17) is 14.2 Å². The molecule has 9 nitrogen and oxygen atoms in total. The lowest BCUT2D eigenvalue weighted by Crippen LogP contribution is -2.40. The first-order valence-corrected chi connectivity index (χ1v) is 10.8. The second-order valence-electron chi connectivity index (χ2n) is 6.75. The molecule has 2 aromatic rings. The first kappa shape index (κ1) is 20.3. The molecular weight excluding hydrogens is 410 g/mol. The Labute approximate surface area is 174 Å². The number of hydrogen-bond acceptors (Lipinski definition) is 7. The molecule has 1 amide bonds. The van der Waals surface area contributed by atoms with Crippen LogP contribution in [0.25, 0.3) is 0 Å². The second-order valence-corrected chi connectivity index (χ2v) is 8.69. The standard InChI is InChI=1S/C20H21N3O6S/c1-14(15-5-6-18-19(12-15)29-13-28-18)21-22-20(24)16-3-2-4-17(11-16)30(25,26)23-7-9-27-10-8-23/h2-6,11-12H,7-10,13H2,1H3,(H,22,24). The van der Waals surface area contributed by atoms with Crippen LogP contribution >= 0.6 is 0 Å². The Morgan fingerprint density at radius 2 is 1.80 bits per heavy atom. The first-order valence-electron chi connectivity index (χ1n) is 9.38. The SMILES string of the molecule is CC(=NNC(=O)c1cccc(S(=O)(=O)N2CCOCC2)c1)c1ccc2c(c1)OCO2. The van der Waals surface area contributed by atoms with Crippen LogP contribution in [0.15, 0.2) is 52.5 Å². The van der Waals surface area contributed by atoms with Crippen molar-refractivity contribution < 1.29 is 27.4 Å². The van der Waals surface area contributed by atoms with Crippen LogP contribution < -0.4 is 14.9 Å². The number of hydrogen-bond donors (Lipinski definition) is 1. The molecule has 2 aliphatic heterocycles. The molecule has 0 spiro atoms. The summed E-state index contributed by atoms with van der Waals surface area (Å²) < 4.78 is 42.8. The van der Waals surface area contributed by atoms with Crippen molar-refractivity contribution in [1.82, 2.24) is 9.73 Å². The zero-order valence-corrected chi connectivity index (χ0v) is 17.1. The van der Waals surface area contributed by atoms with Gasteiger partial charge in [-0.3, -0.25) is 4.79 Å². The Balaban J connectivity index is 1.48. The molecule has 2 heterocycles. The Morgan fingerprint density at radius 1 is 1.03 bits per heavy atom. The van der Waals surface area contributed by atoms with Crippen molar-refractivity contribution >= 4 is 21.6 Å². The third kappa shape index (κ3) is 4.16. The third-order valence-corrected chi connectivity index (χ3v) is 6.71. The molecule has 30 heavy (non-hydrogen) atoms. The summed E-state index contributed by atoms with van der Waals surface area (Å²) in [7, 11) is -3.69. The van der Waals surface area contributed by atoms with Crippen molar-refractivity contribution in [3.8, 4) is 11.5 Å². The lowest BCUT2D eigenvalue weighted by atomic mass is 10.1. The van der Waals surface area contributed by atoms with E-state index < -0.39 is 15.9 Å². The number of morpholine rings is 1. The monoisotopic (exact) mass is 431 g/mol. The van der Waals surface area contributed by atoms with Gasteiger partial charge in [0, 0.05) is 24.2 Å². The van der Waals surface area contributed by atoms with Crippen LogP contribution in [-0.4, -0.2) is 57.4 Å². The molecule has 2 aromatic carbocycles. The van der Waals surface area contributed by atoms with Gasteiger partial charge in [-0.1, -0.05) is 6.07 Å². The highest BCUT2D eigenvalue weighted by molar-refractivity contribution is 7.89. The fourth-order valence-electron chi connectivity index (χ4n) is 3.12. The van der Waals surface area contributed by atoms with Gasteiger partial charge in [-0.15, -0.1) is 0 Å². The number of sulfonamides is 1. The van der Waals surface area contributed by atoms with Crippen molar-refractivity contribution in [2.24, 2.45) is 5.10 Å². The van der Waals surface area contributed by atoms with Gasteiger partial charge in [0.25, 0.3) is 5.91 Å². The number of amides is 1. The van der Waals surface area contributed by atoms with E-state index in [0.717, 1.165) is 5.56 Å². The summed E-state index contributed by atoms with van der Waals surface area (Å²) in [4.78, 5) is 12.6. The first-order chi connectivity index (χ1) is 14.4. The molecule has 0 atom stereocenters. The topological polar surface area (TPSA) is 107 Å². The number of carbonyl (C=O) groups is 1. The van der Waals surface area contributed by atoms with E-state index >= 15 is 0 Å². The Bertz CT molecular complexity index is 1090. The van der Waals surface area contributed by atoms with Crippen LogP contribution in [0.2, 0.25) is 0 Å². The van der Waals surface area contributed by atoms with Crippen LogP contribution in [0.5, 0.6) is 11.5 Å². The van der Waals surface area contributed by atoms with E-state index in [-0.39, 0.29) is 30.3 Å². The van der Waals surface area contributed by atoms with Crippen molar-refractivity contribution in [2.45, 2.75) is 11.8 Å². The average Bonchev–Trinajstić information content (AvgIpc) is 3.26. The lowest BCUT2D eigenvalue weighted by Gasteiger charge is -2.26. The molecule has 0 unspecified atom stereocenters. The van der Waals surface area contributed by atoms with E-state index in [1.54, 1.807) is 25.1 Å². The van der Waals surface area contributed by atoms with Crippen molar-refractivity contribution in [3.05, 3.63) is 53.6 Å². The molecule has 1 saturated heterocycles. The predicted molar refractivity (Wildman–Crippen MR) is 108 cm³/mol. The van der Waals surface area contributed by atoms with Crippen molar-refractivity contribution in [3.63, 3.8) is 0 Å². The number of rotatable bonds is 5. The Morgan fingerprint density at radius 3 is 2.60 bits per heavy atom. The van der Waals surface area contributed by atoms with Gasteiger partial charge in [0.1, 0.15) is 0 Å². The maximum absolute atomic E-state index is 12.8. The van der Waals surface area contributed by atoms with Gasteiger partial charge in [0.2, 0.25) is 16.8 Å². The maximum Gasteiger partial charge on any atom is 0.271 e. The van der Waals surface area contributed by atoms with Gasteiger partial charge in [0.05, 0.1) is 23.8 Å². The molecule has 2 aliphatic rings. The summed E-state index contributed by atoms with van der Waals surface area (Å²) in [5.74, 6) is 0.775. The van der Waals surface area contributed by atoms with Gasteiger partial charge in [-0.05, 0) is 43.3 Å². The highest BCUT2D eigenvalue weighted by Gasteiger charge is 2.26. The van der Waals surface area contributed by atoms with Gasteiger partial charge >= 0.3 is 0 Å². The summed E-state index contributed by atoms with van der Waals surface area (Å²) in [6.45, 7) is 3.21. The summed E-state index contributed by atoms with van der Waals surface area (Å²) in [6.07, 6.45) is 0. The van der Waals surface area contributed by atoms with Gasteiger partial charge in [-0.25, -0.2) is 13.8 Å². The van der Waals surface area contributed by atoms with Crippen molar-refractivity contribution in [2.75, 3.05) is 33.1 Å². The van der Waals surface area contributed by atoms with Gasteiger partial charge in [-0.2, -0.15) is 9.41 Å². The maximum atomic E-state index is 12.8. The van der Waals surface area contributed by atoms with Crippen LogP contribution in [0.3, 0.4) is 0 Å². The van der Waals surface area contributed by atoms with Gasteiger partial charge in [0.15, 0.2) is 11.5 Å². The predicted octanol–water partition coefficient (Wildman–Crippen LogP) is 1.59. The minimum absolute atomic E-state index is 0.0634. The number of fused-ring (bicyclic) bond motifs is 1. The summed E-state index contributed by atoms with van der Waals surface area (Å²) in [6, 6.07) is 11.3. The Hall–Kier alpha value is -2.95. The molecule has 0 saturated carbocycles. The molecule has 1 N–H and O–H groups in total. The van der Waals surface area contributed by atoms with E-state index in [1.807, 2.05) is 6.07 Å². The van der Waals surface area contributed by atoms with E-state index in [1.165, 1.54) is 22.5 Å². The van der Waals surface area contributed by atoms with Crippen LogP contribution in [0, 0.1) is 0 Å². The quantitative estimate of drug-likeness (QED) is 0.569. The van der Waals surface area contributed by atoms with Crippen LogP contribution in [-0.2, 0) is 14.8 Å². The zero-order chi connectivity index (χ0) is 21.1. The minimum atomic E-state index is -3.69. The smallest absolute Gasteiger partial charge is 0.271 e. The number of carbonyl (C=O) groups excluding carboxylic acids is 1. The molecule has 0 radical (unpaired) electrons. The number of ether oxygens (including phenoxy) is 3. The number of hydrazone groups is 1. The number of benzene rings is 2. The molecule has 1 fully saturated rings. The number of nitrogens with one attached hydrogen (secondary N) is 1. The summed E-state index contributed by atoms with van der Waals surface area (Å²) in [5, 5.41) is 4.12. The van der Waals surface area contributed by atoms with Crippen LogP contribution in [0.1, 0.15) is 22.8 Å². The van der Waals surface area contributed by atoms with E-state index in [2.05, 4.69) is 10.5 Å².